The zero-order chi connectivity index (χ0) is 11.0. The van der Waals surface area contributed by atoms with Gasteiger partial charge in [0.1, 0.15) is 0 Å². The molecule has 0 aliphatic carbocycles. The Labute approximate surface area is 109 Å². The van der Waals surface area contributed by atoms with Crippen LogP contribution in [0, 0.1) is 3.57 Å². The van der Waals surface area contributed by atoms with Crippen molar-refractivity contribution in [2.45, 2.75) is 13.2 Å². The SMILES string of the molecule is Ic1ccc(-c2ccccc2)c2c1COC2. The van der Waals surface area contributed by atoms with Crippen LogP contribution in [-0.4, -0.2) is 0 Å². The lowest BCUT2D eigenvalue weighted by Gasteiger charge is -2.08. The largest absolute Gasteiger partial charge is 0.372 e. The van der Waals surface area contributed by atoms with Gasteiger partial charge in [-0.05, 0) is 50.9 Å². The van der Waals surface area contributed by atoms with Crippen molar-refractivity contribution in [3.8, 4) is 11.1 Å². The first-order valence-corrected chi connectivity index (χ1v) is 6.37. The molecule has 0 N–H and O–H groups in total. The van der Waals surface area contributed by atoms with Crippen molar-refractivity contribution in [2.75, 3.05) is 0 Å². The maximum atomic E-state index is 5.55. The predicted molar refractivity (Wildman–Crippen MR) is 73.1 cm³/mol. The van der Waals surface area contributed by atoms with Gasteiger partial charge in [-0.1, -0.05) is 36.4 Å². The molecule has 2 aromatic carbocycles. The molecule has 1 aliphatic heterocycles. The molecule has 0 saturated heterocycles. The first-order chi connectivity index (χ1) is 7.86. The summed E-state index contributed by atoms with van der Waals surface area (Å²) in [5, 5.41) is 0. The zero-order valence-corrected chi connectivity index (χ0v) is 10.9. The number of halogens is 1. The van der Waals surface area contributed by atoms with Crippen LogP contribution < -0.4 is 0 Å². The van der Waals surface area contributed by atoms with E-state index in [0.717, 1.165) is 13.2 Å². The molecule has 80 valence electrons. The number of ether oxygens (including phenoxy) is 1. The summed E-state index contributed by atoms with van der Waals surface area (Å²) in [5.41, 5.74) is 5.31. The molecule has 2 heteroatoms. The normalized spacial score (nSPS) is 13.8. The van der Waals surface area contributed by atoms with Crippen molar-refractivity contribution in [1.82, 2.24) is 0 Å². The standard InChI is InChI=1S/C14H11IO/c15-14-7-6-11(10-4-2-1-3-5-10)12-8-16-9-13(12)14/h1-7H,8-9H2. The van der Waals surface area contributed by atoms with Gasteiger partial charge in [-0.15, -0.1) is 0 Å². The first-order valence-electron chi connectivity index (χ1n) is 5.29. The maximum absolute atomic E-state index is 5.55. The summed E-state index contributed by atoms with van der Waals surface area (Å²) in [5.74, 6) is 0. The highest BCUT2D eigenvalue weighted by atomic mass is 127. The van der Waals surface area contributed by atoms with E-state index in [-0.39, 0.29) is 0 Å². The van der Waals surface area contributed by atoms with E-state index in [2.05, 4.69) is 59.0 Å². The van der Waals surface area contributed by atoms with Gasteiger partial charge in [0.15, 0.2) is 0 Å². The smallest absolute Gasteiger partial charge is 0.0735 e. The van der Waals surface area contributed by atoms with Crippen LogP contribution in [0.3, 0.4) is 0 Å². The fourth-order valence-electron chi connectivity index (χ4n) is 2.13. The van der Waals surface area contributed by atoms with E-state index >= 15 is 0 Å². The number of hydrogen-bond donors (Lipinski definition) is 0. The molecule has 0 saturated carbocycles. The topological polar surface area (TPSA) is 9.23 Å². The molecule has 0 unspecified atom stereocenters. The van der Waals surface area contributed by atoms with Crippen LogP contribution in [0.25, 0.3) is 11.1 Å². The summed E-state index contributed by atoms with van der Waals surface area (Å²) in [4.78, 5) is 0. The van der Waals surface area contributed by atoms with Gasteiger partial charge in [-0.2, -0.15) is 0 Å². The summed E-state index contributed by atoms with van der Waals surface area (Å²) < 4.78 is 6.86. The number of fused-ring (bicyclic) bond motifs is 1. The Balaban J connectivity index is 2.20. The molecule has 2 aromatic rings. The van der Waals surface area contributed by atoms with E-state index in [1.165, 1.54) is 25.8 Å². The van der Waals surface area contributed by atoms with Crippen LogP contribution >= 0.6 is 22.6 Å². The van der Waals surface area contributed by atoms with Crippen molar-refractivity contribution in [2.24, 2.45) is 0 Å². The van der Waals surface area contributed by atoms with Crippen LogP contribution in [0.5, 0.6) is 0 Å². The minimum atomic E-state index is 0.746. The number of rotatable bonds is 1. The third-order valence-electron chi connectivity index (χ3n) is 2.95. The Bertz CT molecular complexity index is 520. The van der Waals surface area contributed by atoms with Crippen molar-refractivity contribution >= 4 is 22.6 Å². The zero-order valence-electron chi connectivity index (χ0n) is 8.74. The molecule has 0 aromatic heterocycles. The van der Waals surface area contributed by atoms with Crippen LogP contribution in [0.2, 0.25) is 0 Å². The molecule has 0 fully saturated rings. The summed E-state index contributed by atoms with van der Waals surface area (Å²) in [6.45, 7) is 1.50. The molecule has 16 heavy (non-hydrogen) atoms. The van der Waals surface area contributed by atoms with Gasteiger partial charge in [0.2, 0.25) is 0 Å². The van der Waals surface area contributed by atoms with Gasteiger partial charge in [-0.25, -0.2) is 0 Å². The quantitative estimate of drug-likeness (QED) is 0.722. The molecule has 0 bridgehead atoms. The molecule has 1 heterocycles. The van der Waals surface area contributed by atoms with E-state index in [1.807, 2.05) is 6.07 Å². The molecule has 0 atom stereocenters. The van der Waals surface area contributed by atoms with Crippen molar-refractivity contribution in [1.29, 1.82) is 0 Å². The summed E-state index contributed by atoms with van der Waals surface area (Å²) in [7, 11) is 0. The van der Waals surface area contributed by atoms with Gasteiger partial charge < -0.3 is 4.74 Å². The minimum Gasteiger partial charge on any atom is -0.372 e. The van der Waals surface area contributed by atoms with Crippen LogP contribution in [-0.2, 0) is 18.0 Å². The molecule has 1 nitrogen and oxygen atoms in total. The van der Waals surface area contributed by atoms with Gasteiger partial charge >= 0.3 is 0 Å². The van der Waals surface area contributed by atoms with Crippen molar-refractivity contribution < 1.29 is 4.74 Å². The van der Waals surface area contributed by atoms with E-state index in [4.69, 9.17) is 4.74 Å². The van der Waals surface area contributed by atoms with Crippen molar-refractivity contribution in [3.63, 3.8) is 0 Å². The molecular weight excluding hydrogens is 311 g/mol. The van der Waals surface area contributed by atoms with E-state index in [9.17, 15) is 0 Å². The third kappa shape index (κ3) is 1.66. The second-order valence-electron chi connectivity index (χ2n) is 3.91. The second kappa shape index (κ2) is 4.18. The minimum absolute atomic E-state index is 0.746. The monoisotopic (exact) mass is 322 g/mol. The molecule has 0 radical (unpaired) electrons. The Morgan fingerprint density at radius 3 is 2.44 bits per heavy atom. The van der Waals surface area contributed by atoms with Crippen LogP contribution in [0.1, 0.15) is 11.1 Å². The molecule has 1 aliphatic rings. The number of benzene rings is 2. The highest BCUT2D eigenvalue weighted by molar-refractivity contribution is 14.1. The maximum Gasteiger partial charge on any atom is 0.0735 e. The Morgan fingerprint density at radius 1 is 0.875 bits per heavy atom. The average molecular weight is 322 g/mol. The molecule has 0 amide bonds. The molecule has 3 rings (SSSR count). The first kappa shape index (κ1) is 10.3. The fraction of sp³-hybridized carbons (Fsp3) is 0.143. The highest BCUT2D eigenvalue weighted by Crippen LogP contribution is 2.33. The summed E-state index contributed by atoms with van der Waals surface area (Å²) >= 11 is 2.38. The van der Waals surface area contributed by atoms with E-state index < -0.39 is 0 Å². The summed E-state index contributed by atoms with van der Waals surface area (Å²) in [6, 6.07) is 14.9. The second-order valence-corrected chi connectivity index (χ2v) is 5.07. The van der Waals surface area contributed by atoms with E-state index in [1.54, 1.807) is 0 Å². The van der Waals surface area contributed by atoms with Gasteiger partial charge in [0, 0.05) is 3.57 Å². The van der Waals surface area contributed by atoms with Gasteiger partial charge in [-0.3, -0.25) is 0 Å². The van der Waals surface area contributed by atoms with Crippen LogP contribution in [0.15, 0.2) is 42.5 Å². The van der Waals surface area contributed by atoms with Crippen LogP contribution in [0.4, 0.5) is 0 Å². The fourth-order valence-corrected chi connectivity index (χ4v) is 2.79. The Kier molecular flexibility index (Phi) is 2.69. The lowest BCUT2D eigenvalue weighted by atomic mass is 9.97. The van der Waals surface area contributed by atoms with E-state index in [0.29, 0.717) is 0 Å². The molecule has 0 spiro atoms. The highest BCUT2D eigenvalue weighted by Gasteiger charge is 2.18. The Morgan fingerprint density at radius 2 is 1.62 bits per heavy atom. The summed E-state index contributed by atoms with van der Waals surface area (Å²) in [6.07, 6.45) is 0. The molecular formula is C14H11IO. The third-order valence-corrected chi connectivity index (χ3v) is 3.96. The average Bonchev–Trinajstić information content (AvgIpc) is 2.81. The lowest BCUT2D eigenvalue weighted by molar-refractivity contribution is 0.134. The van der Waals surface area contributed by atoms with Gasteiger partial charge in [0.25, 0.3) is 0 Å². The van der Waals surface area contributed by atoms with Crippen molar-refractivity contribution in [3.05, 3.63) is 57.2 Å². The predicted octanol–water partition coefficient (Wildman–Crippen LogP) is 3.99. The van der Waals surface area contributed by atoms with Gasteiger partial charge in [0.05, 0.1) is 13.2 Å². The Hall–Kier alpha value is -0.870. The lowest BCUT2D eigenvalue weighted by Crippen LogP contribution is -1.91. The number of hydrogen-bond acceptors (Lipinski definition) is 1.